The molecule has 17 heavy (non-hydrogen) atoms. The second-order valence-electron chi connectivity index (χ2n) is 6.68. The fourth-order valence-corrected chi connectivity index (χ4v) is 2.66. The van der Waals surface area contributed by atoms with Crippen LogP contribution in [0.4, 0.5) is 0 Å². The first-order valence-corrected chi connectivity index (χ1v) is 7.31. The molecule has 1 saturated heterocycles. The minimum absolute atomic E-state index is 0.449. The zero-order valence-electron chi connectivity index (χ0n) is 12.4. The summed E-state index contributed by atoms with van der Waals surface area (Å²) in [6.45, 7) is 12.4. The van der Waals surface area contributed by atoms with E-state index < -0.39 is 0 Å². The standard InChI is InChI=1S/C15H31NO/c1-6-16-13(8-7-11-15(3,4)5)14-10-9-12(2)17-14/h12-14,16H,6-11H2,1-5H3. The summed E-state index contributed by atoms with van der Waals surface area (Å²) in [4.78, 5) is 0. The molecule has 2 heteroatoms. The zero-order valence-corrected chi connectivity index (χ0v) is 12.4. The molecular formula is C15H31NO. The topological polar surface area (TPSA) is 21.3 Å². The minimum atomic E-state index is 0.449. The Hall–Kier alpha value is -0.0800. The molecule has 2 nitrogen and oxygen atoms in total. The second kappa shape index (κ2) is 6.75. The van der Waals surface area contributed by atoms with Crippen molar-refractivity contribution in [2.75, 3.05) is 6.54 Å². The Morgan fingerprint density at radius 3 is 2.47 bits per heavy atom. The van der Waals surface area contributed by atoms with Crippen molar-refractivity contribution < 1.29 is 4.74 Å². The average Bonchev–Trinajstić information content (AvgIpc) is 2.62. The highest BCUT2D eigenvalue weighted by atomic mass is 16.5. The highest BCUT2D eigenvalue weighted by Gasteiger charge is 2.28. The van der Waals surface area contributed by atoms with E-state index in [1.807, 2.05) is 0 Å². The molecule has 0 saturated carbocycles. The highest BCUT2D eigenvalue weighted by Crippen LogP contribution is 2.26. The van der Waals surface area contributed by atoms with Gasteiger partial charge in [-0.15, -0.1) is 0 Å². The first-order valence-electron chi connectivity index (χ1n) is 7.31. The number of rotatable bonds is 6. The Kier molecular flexibility index (Phi) is 5.94. The second-order valence-corrected chi connectivity index (χ2v) is 6.68. The summed E-state index contributed by atoms with van der Waals surface area (Å²) in [5.41, 5.74) is 0.459. The molecule has 1 fully saturated rings. The molecule has 3 unspecified atom stereocenters. The van der Waals surface area contributed by atoms with Crippen LogP contribution >= 0.6 is 0 Å². The van der Waals surface area contributed by atoms with Crippen molar-refractivity contribution in [3.8, 4) is 0 Å². The van der Waals surface area contributed by atoms with Crippen LogP contribution in [0.25, 0.3) is 0 Å². The third kappa shape index (κ3) is 5.87. The van der Waals surface area contributed by atoms with E-state index in [1.54, 1.807) is 0 Å². The Morgan fingerprint density at radius 2 is 2.00 bits per heavy atom. The first kappa shape index (κ1) is 15.0. The maximum Gasteiger partial charge on any atom is 0.0732 e. The van der Waals surface area contributed by atoms with E-state index in [1.165, 1.54) is 32.1 Å². The van der Waals surface area contributed by atoms with E-state index in [9.17, 15) is 0 Å². The Balaban J connectivity index is 2.33. The zero-order chi connectivity index (χ0) is 12.9. The van der Waals surface area contributed by atoms with Crippen molar-refractivity contribution in [1.29, 1.82) is 0 Å². The lowest BCUT2D eigenvalue weighted by atomic mass is 9.88. The number of likely N-dealkylation sites (N-methyl/N-ethyl adjacent to an activating group) is 1. The van der Waals surface area contributed by atoms with E-state index in [0.717, 1.165) is 6.54 Å². The molecule has 0 aromatic heterocycles. The van der Waals surface area contributed by atoms with Gasteiger partial charge in [0.1, 0.15) is 0 Å². The maximum absolute atomic E-state index is 6.00. The van der Waals surface area contributed by atoms with Crippen LogP contribution in [0.3, 0.4) is 0 Å². The van der Waals surface area contributed by atoms with Crippen LogP contribution in [-0.4, -0.2) is 24.8 Å². The largest absolute Gasteiger partial charge is 0.374 e. The summed E-state index contributed by atoms with van der Waals surface area (Å²) in [6.07, 6.45) is 7.23. The monoisotopic (exact) mass is 241 g/mol. The summed E-state index contributed by atoms with van der Waals surface area (Å²) in [6, 6.07) is 0.562. The molecule has 1 aliphatic heterocycles. The highest BCUT2D eigenvalue weighted by molar-refractivity contribution is 4.83. The number of nitrogens with one attached hydrogen (secondary N) is 1. The summed E-state index contributed by atoms with van der Waals surface area (Å²) < 4.78 is 6.00. The van der Waals surface area contributed by atoms with Gasteiger partial charge in [0.15, 0.2) is 0 Å². The van der Waals surface area contributed by atoms with E-state index in [2.05, 4.69) is 39.9 Å². The molecule has 0 aromatic carbocycles. The normalized spacial score (nSPS) is 27.4. The molecule has 1 N–H and O–H groups in total. The summed E-state index contributed by atoms with van der Waals surface area (Å²) >= 11 is 0. The molecule has 1 heterocycles. The average molecular weight is 241 g/mol. The lowest BCUT2D eigenvalue weighted by Gasteiger charge is -2.26. The van der Waals surface area contributed by atoms with Gasteiger partial charge in [0.2, 0.25) is 0 Å². The SMILES string of the molecule is CCNC(CCCC(C)(C)C)C1CCC(C)O1. The first-order chi connectivity index (χ1) is 7.92. The van der Waals surface area contributed by atoms with Crippen molar-refractivity contribution in [1.82, 2.24) is 5.32 Å². The van der Waals surface area contributed by atoms with Crippen LogP contribution in [0.2, 0.25) is 0 Å². The molecule has 1 rings (SSSR count). The predicted octanol–water partition coefficient (Wildman–Crippen LogP) is 3.75. The summed E-state index contributed by atoms with van der Waals surface area (Å²) in [5.74, 6) is 0. The van der Waals surface area contributed by atoms with Crippen molar-refractivity contribution in [3.63, 3.8) is 0 Å². The van der Waals surface area contributed by atoms with Crippen molar-refractivity contribution in [2.45, 2.75) is 85.0 Å². The van der Waals surface area contributed by atoms with Gasteiger partial charge in [0, 0.05) is 6.04 Å². The molecule has 102 valence electrons. The summed E-state index contributed by atoms with van der Waals surface area (Å²) in [7, 11) is 0. The number of hydrogen-bond donors (Lipinski definition) is 1. The number of hydrogen-bond acceptors (Lipinski definition) is 2. The minimum Gasteiger partial charge on any atom is -0.374 e. The molecular weight excluding hydrogens is 210 g/mol. The molecule has 3 atom stereocenters. The molecule has 0 aliphatic carbocycles. The van der Waals surface area contributed by atoms with E-state index in [-0.39, 0.29) is 0 Å². The smallest absolute Gasteiger partial charge is 0.0732 e. The van der Waals surface area contributed by atoms with Crippen LogP contribution in [0.1, 0.15) is 66.7 Å². The van der Waals surface area contributed by atoms with Crippen molar-refractivity contribution in [3.05, 3.63) is 0 Å². The Bertz CT molecular complexity index is 209. The van der Waals surface area contributed by atoms with Gasteiger partial charge in [-0.2, -0.15) is 0 Å². The van der Waals surface area contributed by atoms with Crippen LogP contribution in [-0.2, 0) is 4.74 Å². The van der Waals surface area contributed by atoms with Crippen LogP contribution in [0.15, 0.2) is 0 Å². The third-order valence-electron chi connectivity index (χ3n) is 3.62. The van der Waals surface area contributed by atoms with Crippen LogP contribution < -0.4 is 5.32 Å². The van der Waals surface area contributed by atoms with E-state index in [0.29, 0.717) is 23.7 Å². The third-order valence-corrected chi connectivity index (χ3v) is 3.62. The quantitative estimate of drug-likeness (QED) is 0.764. The molecule has 0 amide bonds. The predicted molar refractivity (Wildman–Crippen MR) is 74.3 cm³/mol. The fourth-order valence-electron chi connectivity index (χ4n) is 2.66. The summed E-state index contributed by atoms with van der Waals surface area (Å²) in [5, 5.41) is 3.61. The van der Waals surface area contributed by atoms with Gasteiger partial charge in [0.25, 0.3) is 0 Å². The van der Waals surface area contributed by atoms with Gasteiger partial charge in [-0.25, -0.2) is 0 Å². The Morgan fingerprint density at radius 1 is 1.29 bits per heavy atom. The van der Waals surface area contributed by atoms with Gasteiger partial charge in [-0.3, -0.25) is 0 Å². The molecule has 0 aromatic rings. The number of ether oxygens (including phenoxy) is 1. The van der Waals surface area contributed by atoms with Gasteiger partial charge in [0.05, 0.1) is 12.2 Å². The molecule has 1 aliphatic rings. The Labute approximate surface area is 108 Å². The van der Waals surface area contributed by atoms with Gasteiger partial charge < -0.3 is 10.1 Å². The van der Waals surface area contributed by atoms with Gasteiger partial charge in [-0.05, 0) is 44.6 Å². The molecule has 0 spiro atoms. The maximum atomic E-state index is 6.00. The van der Waals surface area contributed by atoms with Gasteiger partial charge in [-0.1, -0.05) is 34.1 Å². The van der Waals surface area contributed by atoms with E-state index in [4.69, 9.17) is 4.74 Å². The van der Waals surface area contributed by atoms with Crippen LogP contribution in [0.5, 0.6) is 0 Å². The van der Waals surface area contributed by atoms with Crippen LogP contribution in [0, 0.1) is 5.41 Å². The van der Waals surface area contributed by atoms with Crippen molar-refractivity contribution in [2.24, 2.45) is 5.41 Å². The van der Waals surface area contributed by atoms with Gasteiger partial charge >= 0.3 is 0 Å². The lowest BCUT2D eigenvalue weighted by Crippen LogP contribution is -2.40. The van der Waals surface area contributed by atoms with Crippen molar-refractivity contribution >= 4 is 0 Å². The lowest BCUT2D eigenvalue weighted by molar-refractivity contribution is 0.0293. The fraction of sp³-hybridized carbons (Fsp3) is 1.00. The van der Waals surface area contributed by atoms with E-state index >= 15 is 0 Å². The molecule has 0 bridgehead atoms. The molecule has 0 radical (unpaired) electrons.